The molecule has 0 unspecified atom stereocenters. The molecule has 3 aromatic heterocycles. The summed E-state index contributed by atoms with van der Waals surface area (Å²) in [5.41, 5.74) is 27.6. The second-order valence-corrected chi connectivity index (χ2v) is 24.6. The highest BCUT2D eigenvalue weighted by atomic mass is 32.1. The molecule has 0 radical (unpaired) electrons. The molecule has 0 spiro atoms. The average Bonchev–Trinajstić information content (AvgIpc) is 2.75. The maximum atomic E-state index is 7.80. The Bertz CT molecular complexity index is 4890. The van der Waals surface area contributed by atoms with E-state index in [4.69, 9.17) is 4.74 Å². The molecule has 0 fully saturated rings. The Hall–Kier alpha value is -9.43. The van der Waals surface area contributed by atoms with E-state index < -0.39 is 0 Å². The third-order valence-corrected chi connectivity index (χ3v) is 20.5. The van der Waals surface area contributed by atoms with Crippen molar-refractivity contribution in [1.82, 2.24) is 9.13 Å². The van der Waals surface area contributed by atoms with E-state index in [9.17, 15) is 0 Å². The second kappa shape index (κ2) is 17.5. The van der Waals surface area contributed by atoms with E-state index in [1.165, 1.54) is 146 Å². The van der Waals surface area contributed by atoms with Crippen LogP contribution in [0.4, 0.5) is 51.2 Å². The van der Waals surface area contributed by atoms with Gasteiger partial charge in [-0.2, -0.15) is 0 Å². The van der Waals surface area contributed by atoms with Crippen molar-refractivity contribution in [3.8, 4) is 22.9 Å². The molecule has 0 saturated heterocycles. The molecule has 0 atom stereocenters. The van der Waals surface area contributed by atoms with Crippen molar-refractivity contribution < 1.29 is 4.74 Å². The summed E-state index contributed by atoms with van der Waals surface area (Å²) in [7, 11) is 0. The van der Waals surface area contributed by atoms with Gasteiger partial charge in [0.05, 0.1) is 22.4 Å². The second-order valence-electron chi connectivity index (χ2n) is 23.5. The molecule has 0 N–H and O–H groups in total. The van der Waals surface area contributed by atoms with Crippen LogP contribution >= 0.6 is 11.3 Å². The van der Waals surface area contributed by atoms with Gasteiger partial charge in [0.1, 0.15) is 11.5 Å². The average molecular weight is 1080 g/mol. The number of rotatable bonds is 5. The number of aryl methyl sites for hydroxylation is 2. The summed E-state index contributed by atoms with van der Waals surface area (Å²) < 4.78 is 15.6. The van der Waals surface area contributed by atoms with Crippen LogP contribution in [-0.4, -0.2) is 22.6 Å². The van der Waals surface area contributed by atoms with E-state index >= 15 is 0 Å². The Labute approximate surface area is 486 Å². The standard InChI is InChI=1S/C74H53B2N5OS/c1-4-22-46(23-5-1)77-63-38-20-15-33-56(63)75-57-44-58-68(45-64(57)78(47-24-6-2-7-25-47)66-41-49(40-65(77)71(66)75)79-59-34-16-10-28-51(59)52-29-11-17-35-60(52)79)82-69-43-50(80-61-36-18-12-30-53(61)54-31-13-19-37-62(54)80)42-67-72(69)76(58)74-73(55-32-14-21-39-70(55)83-74)81(67)48-26-8-3-9-27-48/h1-10,12,14-16,18,20-28,30,32-34,36,38-45H,11,13,17,19,29,31,35,37H2. The highest BCUT2D eigenvalue weighted by Crippen LogP contribution is 2.51. The third-order valence-electron chi connectivity index (χ3n) is 19.3. The Morgan fingerprint density at radius 2 is 0.855 bits per heavy atom. The lowest BCUT2D eigenvalue weighted by atomic mass is 9.31. The van der Waals surface area contributed by atoms with Gasteiger partial charge in [-0.05, 0) is 169 Å². The van der Waals surface area contributed by atoms with Gasteiger partial charge in [0.15, 0.2) is 0 Å². The molecule has 10 aromatic carbocycles. The monoisotopic (exact) mass is 1080 g/mol. The first-order valence-corrected chi connectivity index (χ1v) is 30.6. The maximum Gasteiger partial charge on any atom is 0.268 e. The van der Waals surface area contributed by atoms with Gasteiger partial charge in [0, 0.05) is 100 Å². The number of nitrogens with zero attached hydrogens (tertiary/aromatic N) is 5. The topological polar surface area (TPSA) is 28.8 Å². The van der Waals surface area contributed by atoms with Crippen LogP contribution in [0.3, 0.4) is 0 Å². The number of aromatic nitrogens is 2. The smallest absolute Gasteiger partial charge is 0.268 e. The van der Waals surface area contributed by atoms with Gasteiger partial charge >= 0.3 is 0 Å². The maximum absolute atomic E-state index is 7.80. The molecule has 0 saturated carbocycles. The van der Waals surface area contributed by atoms with Gasteiger partial charge in [-0.3, -0.25) is 0 Å². The number of ether oxygens (including phenoxy) is 1. The predicted octanol–water partition coefficient (Wildman–Crippen LogP) is 15.0. The lowest BCUT2D eigenvalue weighted by Gasteiger charge is -2.45. The van der Waals surface area contributed by atoms with E-state index in [1.807, 2.05) is 11.3 Å². The van der Waals surface area contributed by atoms with Crippen LogP contribution < -0.4 is 51.5 Å². The van der Waals surface area contributed by atoms with Crippen LogP contribution in [0.5, 0.6) is 11.5 Å². The van der Waals surface area contributed by atoms with Gasteiger partial charge in [-0.25, -0.2) is 0 Å². The Morgan fingerprint density at radius 3 is 1.49 bits per heavy atom. The minimum Gasteiger partial charge on any atom is -0.458 e. The fourth-order valence-corrected chi connectivity index (χ4v) is 17.3. The summed E-state index contributed by atoms with van der Waals surface area (Å²) in [6.45, 7) is -0.199. The summed E-state index contributed by atoms with van der Waals surface area (Å²) >= 11 is 1.94. The van der Waals surface area contributed by atoms with Gasteiger partial charge in [-0.15, -0.1) is 11.3 Å². The molecule has 0 bridgehead atoms. The Kier molecular flexibility index (Phi) is 9.77. The number of thiophene rings is 1. The zero-order valence-corrected chi connectivity index (χ0v) is 46.5. The number of anilines is 9. The van der Waals surface area contributed by atoms with Crippen molar-refractivity contribution in [2.75, 3.05) is 14.7 Å². The zero-order chi connectivity index (χ0) is 54.0. The van der Waals surface area contributed by atoms with E-state index in [0.717, 1.165) is 65.6 Å². The summed E-state index contributed by atoms with van der Waals surface area (Å²) in [6.07, 6.45) is 9.11. The molecule has 392 valence electrons. The minimum absolute atomic E-state index is 0.0940. The lowest BCUT2D eigenvalue weighted by Crippen LogP contribution is -2.64. The van der Waals surface area contributed by atoms with Crippen molar-refractivity contribution in [2.45, 2.75) is 51.4 Å². The molecular formula is C74H53B2N5OS. The number of hydrogen-bond acceptors (Lipinski definition) is 5. The normalized spacial score (nSPS) is 15.1. The molecule has 13 aromatic rings. The molecule has 19 rings (SSSR count). The van der Waals surface area contributed by atoms with Crippen molar-refractivity contribution >= 4 is 140 Å². The highest BCUT2D eigenvalue weighted by molar-refractivity contribution is 7.33. The Balaban J connectivity index is 0.912. The number of benzene rings is 10. The number of para-hydroxylation sites is 6. The summed E-state index contributed by atoms with van der Waals surface area (Å²) in [4.78, 5) is 7.69. The fourth-order valence-electron chi connectivity index (χ4n) is 16.0. The third kappa shape index (κ3) is 6.46. The van der Waals surface area contributed by atoms with Crippen molar-refractivity contribution in [3.63, 3.8) is 0 Å². The predicted molar refractivity (Wildman–Crippen MR) is 349 cm³/mol. The molecule has 6 nitrogen and oxygen atoms in total. The van der Waals surface area contributed by atoms with Crippen LogP contribution in [0.15, 0.2) is 224 Å². The zero-order valence-electron chi connectivity index (χ0n) is 45.7. The quantitative estimate of drug-likeness (QED) is 0.161. The molecular weight excluding hydrogens is 1030 g/mol. The van der Waals surface area contributed by atoms with E-state index in [2.05, 4.69) is 248 Å². The molecule has 0 amide bonds. The number of hydrogen-bond donors (Lipinski definition) is 0. The van der Waals surface area contributed by atoms with E-state index in [-0.39, 0.29) is 13.4 Å². The van der Waals surface area contributed by atoms with Gasteiger partial charge in [0.2, 0.25) is 0 Å². The molecule has 9 heteroatoms. The van der Waals surface area contributed by atoms with Gasteiger partial charge in [0.25, 0.3) is 13.4 Å². The molecule has 2 aliphatic carbocycles. The van der Waals surface area contributed by atoms with Crippen molar-refractivity contribution in [1.29, 1.82) is 0 Å². The molecule has 4 aliphatic heterocycles. The minimum atomic E-state index is -0.105. The van der Waals surface area contributed by atoms with Crippen molar-refractivity contribution in [2.24, 2.45) is 0 Å². The molecule has 7 heterocycles. The van der Waals surface area contributed by atoms with Crippen LogP contribution in [0.1, 0.15) is 48.2 Å². The van der Waals surface area contributed by atoms with Crippen LogP contribution in [0.2, 0.25) is 0 Å². The largest absolute Gasteiger partial charge is 0.458 e. The van der Waals surface area contributed by atoms with Gasteiger partial charge in [-0.1, -0.05) is 133 Å². The molecule has 83 heavy (non-hydrogen) atoms. The lowest BCUT2D eigenvalue weighted by molar-refractivity contribution is 0.487. The summed E-state index contributed by atoms with van der Waals surface area (Å²) in [6, 6.07) is 84.7. The first-order chi connectivity index (χ1) is 41.2. The fraction of sp³-hybridized carbons (Fsp3) is 0.108. The van der Waals surface area contributed by atoms with Crippen LogP contribution in [-0.2, 0) is 25.7 Å². The van der Waals surface area contributed by atoms with Crippen molar-refractivity contribution in [3.05, 3.63) is 247 Å². The van der Waals surface area contributed by atoms with E-state index in [0.29, 0.717) is 0 Å². The van der Waals surface area contributed by atoms with Crippen LogP contribution in [0.25, 0.3) is 43.3 Å². The summed E-state index contributed by atoms with van der Waals surface area (Å²) in [5, 5.41) is 4.01. The number of fused-ring (bicyclic) bond motifs is 16. The van der Waals surface area contributed by atoms with Crippen LogP contribution in [0, 0.1) is 0 Å². The highest BCUT2D eigenvalue weighted by Gasteiger charge is 2.49. The van der Waals surface area contributed by atoms with Gasteiger partial charge < -0.3 is 28.6 Å². The molecule has 6 aliphatic rings. The Morgan fingerprint density at radius 1 is 0.349 bits per heavy atom. The SMILES string of the molecule is c1ccc(N2c3ccccc3B3c4cc5c(cc4N(c4ccccc4)c4cc(-n6c7c(c8ccccc86)CCCC7)cc2c43)Oc2cc(-n3c4c(c6ccccc63)CCCC4)cc3c2B5c2sc4ccccc4c2N3c2ccccc2)cc1. The first-order valence-electron chi connectivity index (χ1n) is 29.8. The first kappa shape index (κ1) is 46.2. The van der Waals surface area contributed by atoms with E-state index in [1.54, 1.807) is 0 Å². The summed E-state index contributed by atoms with van der Waals surface area (Å²) in [5.74, 6) is 1.82.